The van der Waals surface area contributed by atoms with Gasteiger partial charge < -0.3 is 10.1 Å². The summed E-state index contributed by atoms with van der Waals surface area (Å²) in [6.45, 7) is 5.43. The largest absolute Gasteiger partial charge is 0.385 e. The predicted octanol–water partition coefficient (Wildman–Crippen LogP) is 2.05. The molecule has 1 N–H and O–H groups in total. The highest BCUT2D eigenvalue weighted by atomic mass is 16.5. The molecule has 0 aliphatic carbocycles. The van der Waals surface area contributed by atoms with Gasteiger partial charge in [0.25, 0.3) is 0 Å². The van der Waals surface area contributed by atoms with Crippen LogP contribution in [-0.2, 0) is 4.74 Å². The van der Waals surface area contributed by atoms with Gasteiger partial charge >= 0.3 is 0 Å². The minimum atomic E-state index is 0.668. The Labute approximate surface area is 76.7 Å². The highest BCUT2D eigenvalue weighted by Crippen LogP contribution is 2.12. The lowest BCUT2D eigenvalue weighted by molar-refractivity contribution is 0.184. The van der Waals surface area contributed by atoms with E-state index in [1.807, 2.05) is 7.05 Å². The molecule has 0 bridgehead atoms. The van der Waals surface area contributed by atoms with Crippen molar-refractivity contribution >= 4 is 0 Å². The van der Waals surface area contributed by atoms with E-state index in [1.54, 1.807) is 7.11 Å². The van der Waals surface area contributed by atoms with E-state index in [-0.39, 0.29) is 0 Å². The molecule has 0 amide bonds. The van der Waals surface area contributed by atoms with Crippen molar-refractivity contribution in [3.8, 4) is 0 Å². The number of rotatable bonds is 7. The Hall–Kier alpha value is -0.0800. The fourth-order valence-corrected chi connectivity index (χ4v) is 1.64. The van der Waals surface area contributed by atoms with Crippen molar-refractivity contribution in [2.75, 3.05) is 20.8 Å². The Morgan fingerprint density at radius 1 is 1.42 bits per heavy atom. The fourth-order valence-electron chi connectivity index (χ4n) is 1.64. The molecule has 2 atom stereocenters. The first-order valence-electron chi connectivity index (χ1n) is 4.92. The first kappa shape index (κ1) is 11.9. The van der Waals surface area contributed by atoms with Gasteiger partial charge in [0.2, 0.25) is 0 Å². The van der Waals surface area contributed by atoms with Gasteiger partial charge in [0, 0.05) is 19.8 Å². The second-order valence-corrected chi connectivity index (χ2v) is 3.42. The van der Waals surface area contributed by atoms with Crippen LogP contribution in [-0.4, -0.2) is 26.8 Å². The van der Waals surface area contributed by atoms with Gasteiger partial charge in [0.05, 0.1) is 0 Å². The quantitative estimate of drug-likeness (QED) is 0.595. The van der Waals surface area contributed by atoms with Gasteiger partial charge in [-0.2, -0.15) is 0 Å². The number of hydrogen-bond acceptors (Lipinski definition) is 2. The molecular formula is C10H23NO. The van der Waals surface area contributed by atoms with Crippen LogP contribution in [0.25, 0.3) is 0 Å². The van der Waals surface area contributed by atoms with Crippen LogP contribution in [0.4, 0.5) is 0 Å². The van der Waals surface area contributed by atoms with Gasteiger partial charge in [-0.25, -0.2) is 0 Å². The molecule has 0 aliphatic heterocycles. The lowest BCUT2D eigenvalue weighted by Gasteiger charge is -2.21. The summed E-state index contributed by atoms with van der Waals surface area (Å²) >= 11 is 0. The molecule has 2 nitrogen and oxygen atoms in total. The van der Waals surface area contributed by atoms with E-state index in [1.165, 1.54) is 19.3 Å². The van der Waals surface area contributed by atoms with Crippen molar-refractivity contribution in [3.63, 3.8) is 0 Å². The normalized spacial score (nSPS) is 16.0. The molecule has 0 saturated heterocycles. The molecule has 0 heterocycles. The van der Waals surface area contributed by atoms with Crippen LogP contribution in [0.1, 0.15) is 33.1 Å². The fraction of sp³-hybridized carbons (Fsp3) is 1.00. The average Bonchev–Trinajstić information content (AvgIpc) is 2.07. The van der Waals surface area contributed by atoms with Crippen LogP contribution >= 0.6 is 0 Å². The molecule has 0 aromatic carbocycles. The van der Waals surface area contributed by atoms with E-state index in [2.05, 4.69) is 19.2 Å². The maximum Gasteiger partial charge on any atom is 0.0462 e. The Morgan fingerprint density at radius 3 is 2.50 bits per heavy atom. The van der Waals surface area contributed by atoms with Crippen molar-refractivity contribution < 1.29 is 4.74 Å². The van der Waals surface area contributed by atoms with E-state index in [9.17, 15) is 0 Å². The molecule has 0 radical (unpaired) electrons. The van der Waals surface area contributed by atoms with E-state index < -0.39 is 0 Å². The molecule has 0 saturated carbocycles. The van der Waals surface area contributed by atoms with Gasteiger partial charge in [-0.05, 0) is 32.2 Å². The monoisotopic (exact) mass is 173 g/mol. The highest BCUT2D eigenvalue weighted by Gasteiger charge is 2.11. The summed E-state index contributed by atoms with van der Waals surface area (Å²) in [5.41, 5.74) is 0. The topological polar surface area (TPSA) is 21.3 Å². The van der Waals surface area contributed by atoms with E-state index >= 15 is 0 Å². The summed E-state index contributed by atoms with van der Waals surface area (Å²) in [6, 6.07) is 0.668. The lowest BCUT2D eigenvalue weighted by Crippen LogP contribution is -2.31. The number of ether oxygens (including phenoxy) is 1. The standard InChI is InChI=1S/C10H23NO/c1-5-10(11-3)9(2)7-6-8-12-4/h9-11H,5-8H2,1-4H3. The van der Waals surface area contributed by atoms with Crippen LogP contribution in [0.3, 0.4) is 0 Å². The Balaban J connectivity index is 3.47. The third-order valence-electron chi connectivity index (χ3n) is 2.51. The molecule has 0 spiro atoms. The Kier molecular flexibility index (Phi) is 7.51. The minimum Gasteiger partial charge on any atom is -0.385 e. The van der Waals surface area contributed by atoms with Crippen LogP contribution in [0.15, 0.2) is 0 Å². The van der Waals surface area contributed by atoms with Gasteiger partial charge in [0.1, 0.15) is 0 Å². The van der Waals surface area contributed by atoms with Gasteiger partial charge in [-0.1, -0.05) is 13.8 Å². The zero-order valence-electron chi connectivity index (χ0n) is 8.89. The zero-order valence-corrected chi connectivity index (χ0v) is 8.89. The van der Waals surface area contributed by atoms with Crippen LogP contribution in [0.2, 0.25) is 0 Å². The minimum absolute atomic E-state index is 0.668. The molecule has 0 fully saturated rings. The van der Waals surface area contributed by atoms with Crippen molar-refractivity contribution in [2.45, 2.75) is 39.2 Å². The zero-order chi connectivity index (χ0) is 9.40. The second-order valence-electron chi connectivity index (χ2n) is 3.42. The summed E-state index contributed by atoms with van der Waals surface area (Å²) < 4.78 is 5.02. The summed E-state index contributed by atoms with van der Waals surface area (Å²) in [4.78, 5) is 0. The maximum atomic E-state index is 5.02. The van der Waals surface area contributed by atoms with Crippen molar-refractivity contribution in [3.05, 3.63) is 0 Å². The van der Waals surface area contributed by atoms with Crippen LogP contribution in [0.5, 0.6) is 0 Å². The molecule has 0 aromatic heterocycles. The molecule has 0 aliphatic rings. The molecule has 0 aromatic rings. The van der Waals surface area contributed by atoms with E-state index in [0.717, 1.165) is 12.5 Å². The maximum absolute atomic E-state index is 5.02. The van der Waals surface area contributed by atoms with Crippen molar-refractivity contribution in [2.24, 2.45) is 5.92 Å². The summed E-state index contributed by atoms with van der Waals surface area (Å²) in [6.07, 6.45) is 3.65. The average molecular weight is 173 g/mol. The van der Waals surface area contributed by atoms with Crippen molar-refractivity contribution in [1.82, 2.24) is 5.32 Å². The number of nitrogens with one attached hydrogen (secondary N) is 1. The summed E-state index contributed by atoms with van der Waals surface area (Å²) in [5, 5.41) is 3.34. The van der Waals surface area contributed by atoms with E-state index in [4.69, 9.17) is 4.74 Å². The first-order chi connectivity index (χ1) is 5.76. The van der Waals surface area contributed by atoms with Crippen molar-refractivity contribution in [1.29, 1.82) is 0 Å². The third kappa shape index (κ3) is 4.73. The molecule has 74 valence electrons. The predicted molar refractivity (Wildman–Crippen MR) is 53.4 cm³/mol. The molecular weight excluding hydrogens is 150 g/mol. The molecule has 2 unspecified atom stereocenters. The summed E-state index contributed by atoms with van der Waals surface area (Å²) in [5.74, 6) is 0.759. The SMILES string of the molecule is CCC(NC)C(C)CCCOC. The van der Waals surface area contributed by atoms with Crippen LogP contribution in [0, 0.1) is 5.92 Å². The van der Waals surface area contributed by atoms with Gasteiger partial charge in [0.15, 0.2) is 0 Å². The van der Waals surface area contributed by atoms with E-state index in [0.29, 0.717) is 6.04 Å². The van der Waals surface area contributed by atoms with Gasteiger partial charge in [-0.15, -0.1) is 0 Å². The first-order valence-corrected chi connectivity index (χ1v) is 4.92. The Morgan fingerprint density at radius 2 is 2.08 bits per heavy atom. The Bertz CT molecular complexity index is 91.8. The van der Waals surface area contributed by atoms with Gasteiger partial charge in [-0.3, -0.25) is 0 Å². The van der Waals surface area contributed by atoms with Crippen LogP contribution < -0.4 is 5.32 Å². The molecule has 12 heavy (non-hydrogen) atoms. The summed E-state index contributed by atoms with van der Waals surface area (Å²) in [7, 11) is 3.81. The highest BCUT2D eigenvalue weighted by molar-refractivity contribution is 4.69. The lowest BCUT2D eigenvalue weighted by atomic mass is 9.95. The molecule has 2 heteroatoms. The number of methoxy groups -OCH3 is 1. The smallest absolute Gasteiger partial charge is 0.0462 e. The molecule has 0 rings (SSSR count). The third-order valence-corrected chi connectivity index (χ3v) is 2.51. The number of hydrogen-bond donors (Lipinski definition) is 1. The second kappa shape index (κ2) is 7.56.